The van der Waals surface area contributed by atoms with Gasteiger partial charge in [0.05, 0.1) is 7.05 Å². The van der Waals surface area contributed by atoms with Crippen LogP contribution in [0, 0.1) is 0 Å². The highest BCUT2D eigenvalue weighted by Gasteiger charge is 2.23. The SMILES string of the molecule is C=C(C)C(=O)OC(CC)c1[nH]cc[n+]1C. The van der Waals surface area contributed by atoms with Gasteiger partial charge in [-0.25, -0.2) is 14.3 Å². The second-order valence-electron chi connectivity index (χ2n) is 3.54. The van der Waals surface area contributed by atoms with Crippen LogP contribution in [0.5, 0.6) is 0 Å². The van der Waals surface area contributed by atoms with Gasteiger partial charge in [-0.2, -0.15) is 0 Å². The molecule has 1 N–H and O–H groups in total. The van der Waals surface area contributed by atoms with E-state index >= 15 is 0 Å². The first-order valence-electron chi connectivity index (χ1n) is 4.95. The number of esters is 1. The molecule has 0 spiro atoms. The van der Waals surface area contributed by atoms with Gasteiger partial charge in [-0.15, -0.1) is 0 Å². The summed E-state index contributed by atoms with van der Waals surface area (Å²) >= 11 is 0. The third-order valence-electron chi connectivity index (χ3n) is 2.18. The summed E-state index contributed by atoms with van der Waals surface area (Å²) in [6, 6.07) is 0. The Kier molecular flexibility index (Phi) is 3.66. The van der Waals surface area contributed by atoms with Crippen molar-refractivity contribution in [1.82, 2.24) is 4.98 Å². The third-order valence-corrected chi connectivity index (χ3v) is 2.18. The summed E-state index contributed by atoms with van der Waals surface area (Å²) in [5.41, 5.74) is 0.419. The average Bonchev–Trinajstić information content (AvgIpc) is 2.60. The van der Waals surface area contributed by atoms with Crippen molar-refractivity contribution in [2.75, 3.05) is 0 Å². The Bertz CT molecular complexity index is 368. The first-order valence-corrected chi connectivity index (χ1v) is 4.95. The van der Waals surface area contributed by atoms with E-state index in [1.54, 1.807) is 6.92 Å². The Labute approximate surface area is 89.6 Å². The molecule has 0 amide bonds. The summed E-state index contributed by atoms with van der Waals surface area (Å²) in [7, 11) is 1.91. The maximum atomic E-state index is 11.4. The van der Waals surface area contributed by atoms with Crippen molar-refractivity contribution >= 4 is 5.97 Å². The minimum atomic E-state index is -0.351. The van der Waals surface area contributed by atoms with Crippen LogP contribution in [0.15, 0.2) is 24.5 Å². The van der Waals surface area contributed by atoms with Gasteiger partial charge in [0.2, 0.25) is 6.10 Å². The number of aryl methyl sites for hydroxylation is 1. The van der Waals surface area contributed by atoms with Gasteiger partial charge in [0, 0.05) is 5.57 Å². The number of aromatic amines is 1. The molecule has 4 nitrogen and oxygen atoms in total. The topological polar surface area (TPSA) is 46.0 Å². The number of rotatable bonds is 4. The van der Waals surface area contributed by atoms with E-state index in [0.717, 1.165) is 12.2 Å². The van der Waals surface area contributed by atoms with Crippen molar-refractivity contribution < 1.29 is 14.1 Å². The van der Waals surface area contributed by atoms with E-state index in [1.165, 1.54) is 0 Å². The molecule has 1 atom stereocenters. The van der Waals surface area contributed by atoms with Gasteiger partial charge in [-0.3, -0.25) is 0 Å². The predicted octanol–water partition coefficient (Wildman–Crippen LogP) is 1.41. The van der Waals surface area contributed by atoms with Crippen molar-refractivity contribution in [3.8, 4) is 0 Å². The first-order chi connectivity index (χ1) is 7.06. The van der Waals surface area contributed by atoms with Crippen molar-refractivity contribution in [3.63, 3.8) is 0 Å². The molecule has 1 heterocycles. The molecule has 0 radical (unpaired) electrons. The fraction of sp³-hybridized carbons (Fsp3) is 0.455. The molecule has 0 fully saturated rings. The van der Waals surface area contributed by atoms with Crippen molar-refractivity contribution in [2.24, 2.45) is 7.05 Å². The van der Waals surface area contributed by atoms with Gasteiger partial charge >= 0.3 is 5.97 Å². The van der Waals surface area contributed by atoms with Gasteiger partial charge in [0.1, 0.15) is 12.4 Å². The van der Waals surface area contributed by atoms with Crippen LogP contribution in [0.1, 0.15) is 32.2 Å². The van der Waals surface area contributed by atoms with E-state index in [2.05, 4.69) is 11.6 Å². The Morgan fingerprint density at radius 3 is 2.80 bits per heavy atom. The quantitative estimate of drug-likeness (QED) is 0.463. The Morgan fingerprint density at radius 1 is 1.73 bits per heavy atom. The molecule has 0 aliphatic heterocycles. The third kappa shape index (κ3) is 2.68. The Hall–Kier alpha value is -1.58. The number of aromatic nitrogens is 2. The summed E-state index contributed by atoms with van der Waals surface area (Å²) in [4.78, 5) is 14.4. The number of hydrogen-bond acceptors (Lipinski definition) is 2. The second kappa shape index (κ2) is 4.77. The molecule has 0 aromatic carbocycles. The van der Waals surface area contributed by atoms with E-state index in [4.69, 9.17) is 4.74 Å². The maximum Gasteiger partial charge on any atom is 0.334 e. The summed E-state index contributed by atoms with van der Waals surface area (Å²) in [6.07, 6.45) is 4.18. The lowest BCUT2D eigenvalue weighted by Crippen LogP contribution is -2.33. The molecule has 0 saturated heterocycles. The lowest BCUT2D eigenvalue weighted by atomic mass is 10.2. The van der Waals surface area contributed by atoms with Gasteiger partial charge in [0.15, 0.2) is 0 Å². The van der Waals surface area contributed by atoms with Crippen LogP contribution < -0.4 is 4.57 Å². The first kappa shape index (κ1) is 11.5. The average molecular weight is 209 g/mol. The van der Waals surface area contributed by atoms with Crippen LogP contribution in [0.2, 0.25) is 0 Å². The Morgan fingerprint density at radius 2 is 2.40 bits per heavy atom. The number of H-pyrrole nitrogens is 1. The van der Waals surface area contributed by atoms with Gasteiger partial charge in [0.25, 0.3) is 5.82 Å². The standard InChI is InChI=1S/C11H16N2O2/c1-5-9(15-11(14)8(2)3)10-12-6-7-13(10)4/h6-7,9H,2,5H2,1,3-4H3/p+1. The number of carbonyl (C=O) groups excluding carboxylic acids is 1. The fourth-order valence-electron chi connectivity index (χ4n) is 1.30. The zero-order chi connectivity index (χ0) is 11.4. The van der Waals surface area contributed by atoms with Crippen LogP contribution in [-0.4, -0.2) is 11.0 Å². The normalized spacial score (nSPS) is 12.2. The molecular formula is C11H17N2O2+. The van der Waals surface area contributed by atoms with Crippen molar-refractivity contribution in [3.05, 3.63) is 30.4 Å². The number of hydrogen-bond donors (Lipinski definition) is 1. The van der Waals surface area contributed by atoms with E-state index in [9.17, 15) is 4.79 Å². The molecule has 0 saturated carbocycles. The highest BCUT2D eigenvalue weighted by molar-refractivity contribution is 5.87. The molecule has 82 valence electrons. The van der Waals surface area contributed by atoms with Crippen LogP contribution in [0.3, 0.4) is 0 Å². The van der Waals surface area contributed by atoms with E-state index in [-0.39, 0.29) is 12.1 Å². The minimum Gasteiger partial charge on any atom is -0.446 e. The number of ether oxygens (including phenoxy) is 1. The molecule has 1 unspecified atom stereocenters. The van der Waals surface area contributed by atoms with Crippen LogP contribution in [0.25, 0.3) is 0 Å². The van der Waals surface area contributed by atoms with Crippen molar-refractivity contribution in [1.29, 1.82) is 0 Å². The molecule has 15 heavy (non-hydrogen) atoms. The molecule has 1 rings (SSSR count). The number of carbonyl (C=O) groups is 1. The van der Waals surface area contributed by atoms with Gasteiger partial charge in [-0.1, -0.05) is 13.5 Å². The van der Waals surface area contributed by atoms with Crippen molar-refractivity contribution in [2.45, 2.75) is 26.4 Å². The second-order valence-corrected chi connectivity index (χ2v) is 3.54. The molecule has 1 aromatic rings. The van der Waals surface area contributed by atoms with Crippen LogP contribution in [0.4, 0.5) is 0 Å². The lowest BCUT2D eigenvalue weighted by molar-refractivity contribution is -0.681. The monoisotopic (exact) mass is 209 g/mol. The maximum absolute atomic E-state index is 11.4. The molecule has 0 bridgehead atoms. The summed E-state index contributed by atoms with van der Waals surface area (Å²) < 4.78 is 7.20. The predicted molar refractivity (Wildman–Crippen MR) is 55.9 cm³/mol. The molecule has 4 heteroatoms. The van der Waals surface area contributed by atoms with E-state index in [0.29, 0.717) is 5.57 Å². The summed E-state index contributed by atoms with van der Waals surface area (Å²) in [5.74, 6) is 0.531. The number of nitrogens with zero attached hydrogens (tertiary/aromatic N) is 1. The lowest BCUT2D eigenvalue weighted by Gasteiger charge is -2.11. The zero-order valence-electron chi connectivity index (χ0n) is 9.41. The van der Waals surface area contributed by atoms with Crippen LogP contribution >= 0.6 is 0 Å². The summed E-state index contributed by atoms with van der Waals surface area (Å²) in [6.45, 7) is 7.17. The number of nitrogens with one attached hydrogen (secondary N) is 1. The fourth-order valence-corrected chi connectivity index (χ4v) is 1.30. The van der Waals surface area contributed by atoms with E-state index in [1.807, 2.05) is 30.9 Å². The van der Waals surface area contributed by atoms with Gasteiger partial charge in [-0.05, 0) is 13.3 Å². The highest BCUT2D eigenvalue weighted by Crippen LogP contribution is 2.17. The molecule has 0 aliphatic carbocycles. The van der Waals surface area contributed by atoms with Crippen LogP contribution in [-0.2, 0) is 16.6 Å². The number of imidazole rings is 1. The molecule has 1 aromatic heterocycles. The highest BCUT2D eigenvalue weighted by atomic mass is 16.5. The largest absolute Gasteiger partial charge is 0.446 e. The smallest absolute Gasteiger partial charge is 0.334 e. The molecule has 0 aliphatic rings. The Balaban J connectivity index is 2.77. The van der Waals surface area contributed by atoms with Gasteiger partial charge < -0.3 is 4.74 Å². The minimum absolute atomic E-state index is 0.241. The summed E-state index contributed by atoms with van der Waals surface area (Å²) in [5, 5.41) is 0. The molecular weight excluding hydrogens is 192 g/mol. The zero-order valence-corrected chi connectivity index (χ0v) is 9.41. The van der Waals surface area contributed by atoms with E-state index < -0.39 is 0 Å².